The monoisotopic (exact) mass is 537 g/mol. The highest BCUT2D eigenvalue weighted by atomic mass is 35.5. The fraction of sp³-hybridized carbons (Fsp3) is 0.296. The van der Waals surface area contributed by atoms with Crippen LogP contribution in [-0.2, 0) is 4.74 Å². The highest BCUT2D eigenvalue weighted by Crippen LogP contribution is 2.46. The molecule has 190 valence electrons. The maximum absolute atomic E-state index is 12.6. The molecule has 0 aliphatic carbocycles. The second kappa shape index (κ2) is 10.7. The number of benzene rings is 3. The van der Waals surface area contributed by atoms with Gasteiger partial charge in [-0.25, -0.2) is 4.79 Å². The Kier molecular flexibility index (Phi) is 7.83. The molecule has 3 atom stereocenters. The van der Waals surface area contributed by atoms with E-state index in [2.05, 4.69) is 16.6 Å². The molecule has 0 bridgehead atoms. The molecule has 0 spiro atoms. The molecule has 1 aliphatic heterocycles. The zero-order valence-electron chi connectivity index (χ0n) is 19.6. The molecule has 3 aromatic carbocycles. The molecular weight excluding hydrogens is 514 g/mol. The van der Waals surface area contributed by atoms with E-state index in [1.807, 2.05) is 24.3 Å². The molecule has 3 aromatic rings. The Balaban J connectivity index is 1.65. The number of hydrogen-bond acceptors (Lipinski definition) is 4. The van der Waals surface area contributed by atoms with Crippen molar-refractivity contribution in [2.24, 2.45) is 0 Å². The van der Waals surface area contributed by atoms with Gasteiger partial charge in [0.15, 0.2) is 0 Å². The lowest BCUT2D eigenvalue weighted by molar-refractivity contribution is -0.274. The molecule has 4 nitrogen and oxygen atoms in total. The minimum Gasteiger partial charge on any atom is -0.465 e. The predicted octanol–water partition coefficient (Wildman–Crippen LogP) is 7.97. The maximum atomic E-state index is 12.6. The average Bonchev–Trinajstić information content (AvgIpc) is 3.28. The zero-order valence-corrected chi connectivity index (χ0v) is 21.1. The molecule has 1 unspecified atom stereocenters. The fourth-order valence-corrected chi connectivity index (χ4v) is 5.31. The summed E-state index contributed by atoms with van der Waals surface area (Å²) < 4.78 is 46.7. The summed E-state index contributed by atoms with van der Waals surface area (Å²) in [6, 6.07) is 18.6. The lowest BCUT2D eigenvalue weighted by Gasteiger charge is -2.31. The molecule has 4 rings (SSSR count). The Bertz CT molecular complexity index is 1200. The van der Waals surface area contributed by atoms with E-state index in [0.29, 0.717) is 22.2 Å². The maximum Gasteiger partial charge on any atom is 0.573 e. The van der Waals surface area contributed by atoms with Crippen molar-refractivity contribution < 1.29 is 27.4 Å². The minimum atomic E-state index is -4.75. The smallest absolute Gasteiger partial charge is 0.465 e. The van der Waals surface area contributed by atoms with Crippen LogP contribution in [0.4, 0.5) is 13.2 Å². The van der Waals surface area contributed by atoms with Gasteiger partial charge in [-0.3, -0.25) is 4.90 Å². The van der Waals surface area contributed by atoms with E-state index in [4.69, 9.17) is 27.9 Å². The number of alkyl halides is 3. The van der Waals surface area contributed by atoms with E-state index in [-0.39, 0.29) is 23.8 Å². The Morgan fingerprint density at radius 2 is 1.58 bits per heavy atom. The molecule has 0 N–H and O–H groups in total. The van der Waals surface area contributed by atoms with Crippen LogP contribution in [0.2, 0.25) is 10.0 Å². The largest absolute Gasteiger partial charge is 0.573 e. The molecule has 1 heterocycles. The second-order valence-electron chi connectivity index (χ2n) is 8.75. The Morgan fingerprint density at radius 3 is 2.14 bits per heavy atom. The summed E-state index contributed by atoms with van der Waals surface area (Å²) in [7, 11) is 1.33. The standard InChI is InChI=1S/C27H24Cl2F3NO3/c1-16(17-3-5-19(6-4-17)26(34)35-2)33-15-21(20-11-22(28)14-23(29)12-20)13-25(33)18-7-9-24(10-8-18)36-27(30,31)32/h3-12,14,16,21,25H,13,15H2,1-2H3/t16?,21-,25-/m1/s1. The number of likely N-dealkylation sites (tertiary alicyclic amines) is 1. The first-order valence-corrected chi connectivity index (χ1v) is 12.1. The van der Waals surface area contributed by atoms with Crippen LogP contribution in [0.5, 0.6) is 5.75 Å². The molecule has 1 fully saturated rings. The lowest BCUT2D eigenvalue weighted by Crippen LogP contribution is -2.27. The van der Waals surface area contributed by atoms with E-state index in [1.54, 1.807) is 30.3 Å². The van der Waals surface area contributed by atoms with Gasteiger partial charge in [-0.2, -0.15) is 0 Å². The number of ether oxygens (including phenoxy) is 2. The van der Waals surface area contributed by atoms with E-state index < -0.39 is 12.3 Å². The van der Waals surface area contributed by atoms with Gasteiger partial charge in [-0.1, -0.05) is 47.5 Å². The van der Waals surface area contributed by atoms with Crippen molar-refractivity contribution >= 4 is 29.2 Å². The van der Waals surface area contributed by atoms with Gasteiger partial charge in [-0.15, -0.1) is 13.2 Å². The van der Waals surface area contributed by atoms with E-state index in [1.165, 1.54) is 19.2 Å². The first kappa shape index (κ1) is 26.3. The lowest BCUT2D eigenvalue weighted by atomic mass is 9.94. The van der Waals surface area contributed by atoms with Crippen molar-refractivity contribution in [1.29, 1.82) is 0 Å². The minimum absolute atomic E-state index is 0.0487. The number of carbonyl (C=O) groups excluding carboxylic acids is 1. The van der Waals surface area contributed by atoms with Crippen molar-refractivity contribution in [2.75, 3.05) is 13.7 Å². The number of nitrogens with zero attached hydrogens (tertiary/aromatic N) is 1. The van der Waals surface area contributed by atoms with Crippen molar-refractivity contribution in [2.45, 2.75) is 37.7 Å². The third-order valence-electron chi connectivity index (χ3n) is 6.51. The molecule has 0 radical (unpaired) electrons. The van der Waals surface area contributed by atoms with Gasteiger partial charge in [0.2, 0.25) is 0 Å². The molecule has 0 saturated carbocycles. The summed E-state index contributed by atoms with van der Waals surface area (Å²) >= 11 is 12.5. The predicted molar refractivity (Wildman–Crippen MR) is 133 cm³/mol. The first-order chi connectivity index (χ1) is 17.0. The van der Waals surface area contributed by atoms with Crippen LogP contribution < -0.4 is 4.74 Å². The number of esters is 1. The number of carbonyl (C=O) groups is 1. The third-order valence-corrected chi connectivity index (χ3v) is 6.94. The van der Waals surface area contributed by atoms with Gasteiger partial charge in [-0.05, 0) is 78.4 Å². The van der Waals surface area contributed by atoms with Crippen LogP contribution in [0, 0.1) is 0 Å². The summed E-state index contributed by atoms with van der Waals surface area (Å²) in [5.74, 6) is -0.568. The summed E-state index contributed by atoms with van der Waals surface area (Å²) in [5.41, 5.74) is 3.33. The van der Waals surface area contributed by atoms with Crippen LogP contribution in [0.1, 0.15) is 58.4 Å². The molecule has 1 aliphatic rings. The number of hydrogen-bond donors (Lipinski definition) is 0. The molecule has 36 heavy (non-hydrogen) atoms. The third kappa shape index (κ3) is 6.14. The highest BCUT2D eigenvalue weighted by Gasteiger charge is 2.37. The van der Waals surface area contributed by atoms with Gasteiger partial charge in [0.25, 0.3) is 0 Å². The number of rotatable bonds is 6. The first-order valence-electron chi connectivity index (χ1n) is 11.3. The molecule has 1 saturated heterocycles. The van der Waals surface area contributed by atoms with Crippen LogP contribution in [0.3, 0.4) is 0 Å². The summed E-state index contributed by atoms with van der Waals surface area (Å²) in [6.07, 6.45) is -4.02. The van der Waals surface area contributed by atoms with Crippen LogP contribution in [-0.4, -0.2) is 30.9 Å². The number of methoxy groups -OCH3 is 1. The van der Waals surface area contributed by atoms with Gasteiger partial charge in [0, 0.05) is 28.7 Å². The highest BCUT2D eigenvalue weighted by molar-refractivity contribution is 6.34. The van der Waals surface area contributed by atoms with Gasteiger partial charge in [0.1, 0.15) is 5.75 Å². The molecule has 0 amide bonds. The average molecular weight is 538 g/mol. The van der Waals surface area contributed by atoms with Crippen molar-refractivity contribution in [3.8, 4) is 5.75 Å². The SMILES string of the molecule is COC(=O)c1ccc(C(C)N2C[C@H](c3cc(Cl)cc(Cl)c3)C[C@@H]2c2ccc(OC(F)(F)F)cc2)cc1. The van der Waals surface area contributed by atoms with E-state index in [9.17, 15) is 18.0 Å². The summed E-state index contributed by atoms with van der Waals surface area (Å²) in [5, 5.41) is 1.10. The topological polar surface area (TPSA) is 38.8 Å². The second-order valence-corrected chi connectivity index (χ2v) is 9.63. The van der Waals surface area contributed by atoms with Gasteiger partial charge in [0.05, 0.1) is 12.7 Å². The Labute approximate surface area is 217 Å². The Morgan fingerprint density at radius 1 is 0.972 bits per heavy atom. The Hall–Kier alpha value is -2.74. The van der Waals surface area contributed by atoms with Crippen LogP contribution in [0.25, 0.3) is 0 Å². The van der Waals surface area contributed by atoms with Crippen molar-refractivity contribution in [3.63, 3.8) is 0 Å². The van der Waals surface area contributed by atoms with Gasteiger partial charge < -0.3 is 9.47 Å². The normalized spacial score (nSPS) is 19.2. The zero-order chi connectivity index (χ0) is 26.0. The molecular formula is C27H24Cl2F3NO3. The quantitative estimate of drug-likeness (QED) is 0.299. The van der Waals surface area contributed by atoms with E-state index in [0.717, 1.165) is 23.1 Å². The molecule has 0 aromatic heterocycles. The fourth-order valence-electron chi connectivity index (χ4n) is 4.77. The van der Waals surface area contributed by atoms with Crippen molar-refractivity contribution in [1.82, 2.24) is 4.90 Å². The van der Waals surface area contributed by atoms with Crippen molar-refractivity contribution in [3.05, 3.63) is 99.0 Å². The molecule has 9 heteroatoms. The van der Waals surface area contributed by atoms with Gasteiger partial charge >= 0.3 is 12.3 Å². The number of halogens is 5. The summed E-state index contributed by atoms with van der Waals surface area (Å²) in [6.45, 7) is 2.75. The van der Waals surface area contributed by atoms with E-state index >= 15 is 0 Å². The van der Waals surface area contributed by atoms with Crippen LogP contribution >= 0.6 is 23.2 Å². The summed E-state index contributed by atoms with van der Waals surface area (Å²) in [4.78, 5) is 14.1. The van der Waals surface area contributed by atoms with Crippen LogP contribution in [0.15, 0.2) is 66.7 Å².